The van der Waals surface area contributed by atoms with Crippen molar-refractivity contribution >= 4 is 5.97 Å². The van der Waals surface area contributed by atoms with Gasteiger partial charge in [-0.05, 0) is 58.3 Å². The van der Waals surface area contributed by atoms with Gasteiger partial charge in [-0.2, -0.15) is 0 Å². The van der Waals surface area contributed by atoms with Crippen LogP contribution in [0.1, 0.15) is 98.8 Å². The second-order valence-electron chi connectivity index (χ2n) is 13.0. The summed E-state index contributed by atoms with van der Waals surface area (Å²) in [6.45, 7) is 9.08. The Hall–Kier alpha value is -0.730. The molecule has 4 aliphatic carbocycles. The lowest BCUT2D eigenvalue weighted by molar-refractivity contribution is -0.202. The molecule has 0 saturated heterocycles. The van der Waals surface area contributed by atoms with Gasteiger partial charge in [-0.1, -0.05) is 40.0 Å². The Morgan fingerprint density at radius 3 is 2.26 bits per heavy atom. The van der Waals surface area contributed by atoms with Gasteiger partial charge in [0.1, 0.15) is 11.7 Å². The highest BCUT2D eigenvalue weighted by Gasteiger charge is 2.77. The number of rotatable bonds is 6. The summed E-state index contributed by atoms with van der Waals surface area (Å²) in [5.74, 6) is -1.70. The van der Waals surface area contributed by atoms with Crippen LogP contribution in [-0.2, 0) is 9.53 Å². The summed E-state index contributed by atoms with van der Waals surface area (Å²) in [5, 5.41) is 57.9. The molecule has 2 bridgehead atoms. The van der Waals surface area contributed by atoms with Crippen molar-refractivity contribution in [3.63, 3.8) is 0 Å². The fourth-order valence-electron chi connectivity index (χ4n) is 8.86. The van der Waals surface area contributed by atoms with E-state index in [2.05, 4.69) is 6.92 Å². The predicted molar refractivity (Wildman–Crippen MR) is 127 cm³/mol. The van der Waals surface area contributed by atoms with Crippen LogP contribution in [0, 0.1) is 28.6 Å². The van der Waals surface area contributed by atoms with Gasteiger partial charge in [-0.3, -0.25) is 4.79 Å². The summed E-state index contributed by atoms with van der Waals surface area (Å²) in [6.07, 6.45) is 3.24. The molecule has 4 aliphatic rings. The van der Waals surface area contributed by atoms with E-state index in [0.29, 0.717) is 25.7 Å². The minimum absolute atomic E-state index is 0.109. The van der Waals surface area contributed by atoms with Crippen LogP contribution in [0.5, 0.6) is 0 Å². The van der Waals surface area contributed by atoms with Crippen molar-refractivity contribution in [2.45, 2.75) is 134 Å². The van der Waals surface area contributed by atoms with Crippen molar-refractivity contribution in [1.82, 2.24) is 0 Å². The summed E-state index contributed by atoms with van der Waals surface area (Å²) in [4.78, 5) is 12.9. The molecule has 34 heavy (non-hydrogen) atoms. The van der Waals surface area contributed by atoms with E-state index >= 15 is 0 Å². The van der Waals surface area contributed by atoms with E-state index in [4.69, 9.17) is 4.74 Å². The summed E-state index contributed by atoms with van der Waals surface area (Å²) in [7, 11) is 0. The third-order valence-corrected chi connectivity index (χ3v) is 10.7. The zero-order chi connectivity index (χ0) is 25.3. The van der Waals surface area contributed by atoms with E-state index < -0.39 is 57.8 Å². The van der Waals surface area contributed by atoms with Crippen molar-refractivity contribution < 1.29 is 35.1 Å². The van der Waals surface area contributed by atoms with E-state index in [1.54, 1.807) is 27.7 Å². The maximum Gasteiger partial charge on any atom is 0.306 e. The van der Waals surface area contributed by atoms with Gasteiger partial charge in [-0.25, -0.2) is 0 Å². The Labute approximate surface area is 203 Å². The molecule has 4 fully saturated rings. The predicted octanol–water partition coefficient (Wildman–Crippen LogP) is 2.69. The van der Waals surface area contributed by atoms with E-state index in [-0.39, 0.29) is 24.7 Å². The number of fused-ring (bicyclic) bond motifs is 2. The summed E-state index contributed by atoms with van der Waals surface area (Å²) < 4.78 is 6.13. The first kappa shape index (κ1) is 26.3. The molecule has 6 unspecified atom stereocenters. The van der Waals surface area contributed by atoms with Crippen molar-refractivity contribution in [1.29, 1.82) is 0 Å². The van der Waals surface area contributed by atoms with Crippen molar-refractivity contribution in [3.05, 3.63) is 0 Å². The first-order chi connectivity index (χ1) is 15.7. The fraction of sp³-hybridized carbons (Fsp3) is 0.963. The van der Waals surface area contributed by atoms with Gasteiger partial charge in [0.25, 0.3) is 0 Å². The van der Waals surface area contributed by atoms with Gasteiger partial charge in [0.2, 0.25) is 0 Å². The minimum atomic E-state index is -1.71. The number of aliphatic hydroxyl groups excluding tert-OH is 2. The molecule has 4 rings (SSSR count). The Morgan fingerprint density at radius 2 is 1.62 bits per heavy atom. The van der Waals surface area contributed by atoms with Crippen molar-refractivity contribution in [2.24, 2.45) is 28.6 Å². The first-order valence-corrected chi connectivity index (χ1v) is 13.4. The zero-order valence-corrected chi connectivity index (χ0v) is 21.6. The molecule has 0 aromatic heterocycles. The standard InChI is InChI=1S/C27H46O7/c1-6-7-8-9-10-21(30)34-22-16-11-12-17-25(5,32)18-13-19(28)23(2,3)27(18,33)20(29)14-26(17,22)15-24(16,4)31/h16-20,22,28-29,31-33H,6-15H2,1-5H3/t16?,17?,18?,19?,20?,22-,24-,25-,26+,27?/m1/s1. The number of esters is 1. The molecular weight excluding hydrogens is 436 g/mol. The van der Waals surface area contributed by atoms with E-state index in [0.717, 1.165) is 25.7 Å². The summed E-state index contributed by atoms with van der Waals surface area (Å²) in [6, 6.07) is 0. The van der Waals surface area contributed by atoms with E-state index in [9.17, 15) is 30.3 Å². The van der Waals surface area contributed by atoms with Crippen molar-refractivity contribution in [2.75, 3.05) is 0 Å². The molecule has 4 saturated carbocycles. The second kappa shape index (κ2) is 8.41. The summed E-state index contributed by atoms with van der Waals surface area (Å²) in [5.41, 5.74) is -6.11. The van der Waals surface area contributed by atoms with Gasteiger partial charge in [0.05, 0.1) is 23.4 Å². The number of aliphatic hydroxyl groups is 5. The molecule has 0 aromatic rings. The maximum atomic E-state index is 12.9. The molecule has 0 radical (unpaired) electrons. The Balaban J connectivity index is 1.72. The molecule has 1 spiro atoms. The van der Waals surface area contributed by atoms with Crippen LogP contribution in [0.2, 0.25) is 0 Å². The molecule has 10 atom stereocenters. The van der Waals surface area contributed by atoms with Crippen LogP contribution in [0.15, 0.2) is 0 Å². The second-order valence-corrected chi connectivity index (χ2v) is 13.0. The monoisotopic (exact) mass is 482 g/mol. The number of carbonyl (C=O) groups excluding carboxylic acids is 1. The van der Waals surface area contributed by atoms with Crippen LogP contribution >= 0.6 is 0 Å². The molecule has 7 nitrogen and oxygen atoms in total. The highest BCUT2D eigenvalue weighted by molar-refractivity contribution is 5.69. The molecule has 5 N–H and O–H groups in total. The first-order valence-electron chi connectivity index (χ1n) is 13.4. The van der Waals surface area contributed by atoms with Gasteiger partial charge in [0.15, 0.2) is 0 Å². The lowest BCUT2D eigenvalue weighted by Gasteiger charge is -2.52. The SMILES string of the molecule is CCCCCCC(=O)O[C@@H]1C2CCC3[C@@](C)(O)C4CC(O)C(C)(C)C4(O)C(O)C[C@]31C[C@@]2(C)O. The fourth-order valence-corrected chi connectivity index (χ4v) is 8.86. The Bertz CT molecular complexity index is 792. The number of carbonyl (C=O) groups is 1. The van der Waals surface area contributed by atoms with Crippen LogP contribution in [-0.4, -0.2) is 66.6 Å². The number of unbranched alkanes of at least 4 members (excludes halogenated alkanes) is 3. The van der Waals surface area contributed by atoms with Crippen molar-refractivity contribution in [3.8, 4) is 0 Å². The lowest BCUT2D eigenvalue weighted by atomic mass is 9.57. The van der Waals surface area contributed by atoms with Gasteiger partial charge in [0, 0.05) is 29.1 Å². The highest BCUT2D eigenvalue weighted by Crippen LogP contribution is 2.70. The smallest absolute Gasteiger partial charge is 0.306 e. The molecule has 196 valence electrons. The Kier molecular flexibility index (Phi) is 6.51. The molecule has 0 amide bonds. The van der Waals surface area contributed by atoms with E-state index in [1.807, 2.05) is 0 Å². The molecule has 7 heteroatoms. The van der Waals surface area contributed by atoms with Crippen LogP contribution < -0.4 is 0 Å². The van der Waals surface area contributed by atoms with Crippen LogP contribution in [0.4, 0.5) is 0 Å². The van der Waals surface area contributed by atoms with Gasteiger partial charge in [-0.15, -0.1) is 0 Å². The minimum Gasteiger partial charge on any atom is -0.461 e. The third kappa shape index (κ3) is 3.52. The summed E-state index contributed by atoms with van der Waals surface area (Å²) >= 11 is 0. The van der Waals surface area contributed by atoms with Gasteiger partial charge < -0.3 is 30.3 Å². The largest absolute Gasteiger partial charge is 0.461 e. The lowest BCUT2D eigenvalue weighted by Crippen LogP contribution is -2.60. The highest BCUT2D eigenvalue weighted by atomic mass is 16.5. The number of hydrogen-bond acceptors (Lipinski definition) is 7. The van der Waals surface area contributed by atoms with Crippen LogP contribution in [0.25, 0.3) is 0 Å². The molecule has 0 aromatic carbocycles. The molecular formula is C27H46O7. The van der Waals surface area contributed by atoms with Gasteiger partial charge >= 0.3 is 5.97 Å². The van der Waals surface area contributed by atoms with Crippen LogP contribution in [0.3, 0.4) is 0 Å². The number of hydrogen-bond donors (Lipinski definition) is 5. The van der Waals surface area contributed by atoms with E-state index in [1.165, 1.54) is 0 Å². The molecule has 0 heterocycles. The Morgan fingerprint density at radius 1 is 0.941 bits per heavy atom. The topological polar surface area (TPSA) is 127 Å². The third-order valence-electron chi connectivity index (χ3n) is 10.7. The maximum absolute atomic E-state index is 12.9. The zero-order valence-electron chi connectivity index (χ0n) is 21.6. The quantitative estimate of drug-likeness (QED) is 0.291. The number of ether oxygens (including phenoxy) is 1. The molecule has 0 aliphatic heterocycles. The average Bonchev–Trinajstić information content (AvgIpc) is 2.96. The normalized spacial score (nSPS) is 51.5. The average molecular weight is 483 g/mol.